The van der Waals surface area contributed by atoms with E-state index in [1.807, 2.05) is 19.1 Å². The highest BCUT2D eigenvalue weighted by atomic mass is 32.1. The van der Waals surface area contributed by atoms with Crippen LogP contribution < -0.4 is 5.32 Å². The molecule has 2 aromatic heterocycles. The number of rotatable bonds is 4. The minimum atomic E-state index is 0.324. The van der Waals surface area contributed by atoms with Crippen LogP contribution in [0.25, 0.3) is 10.8 Å². The third-order valence-corrected chi connectivity index (χ3v) is 4.11. The Balaban J connectivity index is 1.85. The molecule has 20 heavy (non-hydrogen) atoms. The largest absolute Gasteiger partial charge is 0.365 e. The van der Waals surface area contributed by atoms with E-state index in [0.29, 0.717) is 6.04 Å². The van der Waals surface area contributed by atoms with Crippen LogP contribution in [0.4, 0.5) is 5.82 Å². The highest BCUT2D eigenvalue weighted by Gasteiger charge is 2.09. The first-order chi connectivity index (χ1) is 9.74. The molecule has 1 atom stereocenters. The molecule has 0 spiro atoms. The summed E-state index contributed by atoms with van der Waals surface area (Å²) in [6.07, 6.45) is 0.993. The molecule has 0 saturated carbocycles. The number of hydrogen-bond acceptors (Lipinski definition) is 4. The Morgan fingerprint density at radius 2 is 1.95 bits per heavy atom. The standard InChI is InChI=1S/C16H17N3S/c1-11(9-13-7-8-20-10-13)17-16-15-6-4-3-5-14(15)12(2)18-19-16/h3-8,10-11H,9H2,1-2H3,(H,17,19). The normalized spacial score (nSPS) is 12.5. The summed E-state index contributed by atoms with van der Waals surface area (Å²) in [4.78, 5) is 0. The van der Waals surface area contributed by atoms with Gasteiger partial charge in [-0.05, 0) is 42.7 Å². The second kappa shape index (κ2) is 5.59. The maximum absolute atomic E-state index is 4.32. The quantitative estimate of drug-likeness (QED) is 0.785. The lowest BCUT2D eigenvalue weighted by atomic mass is 10.1. The smallest absolute Gasteiger partial charge is 0.156 e. The molecule has 1 N–H and O–H groups in total. The van der Waals surface area contributed by atoms with Crippen molar-refractivity contribution >= 4 is 27.9 Å². The second-order valence-corrected chi connectivity index (χ2v) is 5.84. The number of aromatic nitrogens is 2. The Morgan fingerprint density at radius 3 is 2.70 bits per heavy atom. The fourth-order valence-corrected chi connectivity index (χ4v) is 3.07. The molecule has 2 heterocycles. The van der Waals surface area contributed by atoms with E-state index in [1.165, 1.54) is 5.56 Å². The van der Waals surface area contributed by atoms with Gasteiger partial charge < -0.3 is 5.32 Å². The molecule has 0 aliphatic carbocycles. The summed E-state index contributed by atoms with van der Waals surface area (Å²) in [5, 5.41) is 18.6. The van der Waals surface area contributed by atoms with Gasteiger partial charge >= 0.3 is 0 Å². The molecule has 1 unspecified atom stereocenters. The van der Waals surface area contributed by atoms with Crippen LogP contribution in [0.15, 0.2) is 41.1 Å². The summed E-state index contributed by atoms with van der Waals surface area (Å²) in [6.45, 7) is 4.17. The zero-order valence-electron chi connectivity index (χ0n) is 11.6. The summed E-state index contributed by atoms with van der Waals surface area (Å²) in [5.41, 5.74) is 2.33. The van der Waals surface area contributed by atoms with Gasteiger partial charge in [-0.3, -0.25) is 0 Å². The predicted octanol–water partition coefficient (Wildman–Crippen LogP) is 4.04. The fraction of sp³-hybridized carbons (Fsp3) is 0.250. The van der Waals surface area contributed by atoms with Crippen LogP contribution in [0.5, 0.6) is 0 Å². The Kier molecular flexibility index (Phi) is 3.65. The lowest BCUT2D eigenvalue weighted by Gasteiger charge is -2.15. The van der Waals surface area contributed by atoms with Gasteiger partial charge in [0.15, 0.2) is 5.82 Å². The maximum Gasteiger partial charge on any atom is 0.156 e. The van der Waals surface area contributed by atoms with Crippen LogP contribution in [0.3, 0.4) is 0 Å². The first kappa shape index (κ1) is 13.1. The second-order valence-electron chi connectivity index (χ2n) is 5.06. The van der Waals surface area contributed by atoms with Crippen LogP contribution in [-0.2, 0) is 6.42 Å². The van der Waals surface area contributed by atoms with E-state index in [2.05, 4.69) is 51.4 Å². The Bertz CT molecular complexity index is 707. The van der Waals surface area contributed by atoms with Crippen molar-refractivity contribution in [1.29, 1.82) is 0 Å². The van der Waals surface area contributed by atoms with E-state index in [-0.39, 0.29) is 0 Å². The van der Waals surface area contributed by atoms with Crippen molar-refractivity contribution in [2.24, 2.45) is 0 Å². The molecule has 0 aliphatic heterocycles. The summed E-state index contributed by atoms with van der Waals surface area (Å²) in [5.74, 6) is 0.869. The van der Waals surface area contributed by atoms with E-state index in [0.717, 1.165) is 28.7 Å². The van der Waals surface area contributed by atoms with Crippen molar-refractivity contribution in [2.45, 2.75) is 26.3 Å². The third-order valence-electron chi connectivity index (χ3n) is 3.38. The number of fused-ring (bicyclic) bond motifs is 1. The molecule has 4 heteroatoms. The van der Waals surface area contributed by atoms with Crippen molar-refractivity contribution in [1.82, 2.24) is 10.2 Å². The molecule has 0 radical (unpaired) electrons. The zero-order chi connectivity index (χ0) is 13.9. The Hall–Kier alpha value is -1.94. The molecule has 0 aliphatic rings. The van der Waals surface area contributed by atoms with Crippen LogP contribution in [0, 0.1) is 6.92 Å². The highest BCUT2D eigenvalue weighted by Crippen LogP contribution is 2.23. The summed E-state index contributed by atoms with van der Waals surface area (Å²) >= 11 is 1.74. The van der Waals surface area contributed by atoms with Crippen molar-refractivity contribution in [2.75, 3.05) is 5.32 Å². The maximum atomic E-state index is 4.32. The van der Waals surface area contributed by atoms with Gasteiger partial charge in [0.05, 0.1) is 5.69 Å². The molecular formula is C16H17N3S. The minimum Gasteiger partial charge on any atom is -0.365 e. The number of thiophene rings is 1. The van der Waals surface area contributed by atoms with Crippen molar-refractivity contribution in [3.63, 3.8) is 0 Å². The number of benzene rings is 1. The van der Waals surface area contributed by atoms with Gasteiger partial charge in [-0.2, -0.15) is 16.4 Å². The SMILES string of the molecule is Cc1nnc(NC(C)Cc2ccsc2)c2ccccc12. The monoisotopic (exact) mass is 283 g/mol. The summed E-state index contributed by atoms with van der Waals surface area (Å²) in [6, 6.07) is 10.8. The van der Waals surface area contributed by atoms with Crippen molar-refractivity contribution < 1.29 is 0 Å². The summed E-state index contributed by atoms with van der Waals surface area (Å²) < 4.78 is 0. The zero-order valence-corrected chi connectivity index (χ0v) is 12.4. The predicted molar refractivity (Wildman–Crippen MR) is 85.4 cm³/mol. The Labute approximate surface area is 122 Å². The van der Waals surface area contributed by atoms with Crippen LogP contribution >= 0.6 is 11.3 Å². The van der Waals surface area contributed by atoms with Gasteiger partial charge in [-0.15, -0.1) is 5.10 Å². The lowest BCUT2D eigenvalue weighted by Crippen LogP contribution is -2.19. The molecule has 3 aromatic rings. The van der Waals surface area contributed by atoms with Crippen LogP contribution in [0.1, 0.15) is 18.2 Å². The van der Waals surface area contributed by atoms with Crippen LogP contribution in [0.2, 0.25) is 0 Å². The first-order valence-electron chi connectivity index (χ1n) is 6.73. The topological polar surface area (TPSA) is 37.8 Å². The molecule has 0 saturated heterocycles. The van der Waals surface area contributed by atoms with E-state index >= 15 is 0 Å². The minimum absolute atomic E-state index is 0.324. The molecular weight excluding hydrogens is 266 g/mol. The van der Waals surface area contributed by atoms with E-state index < -0.39 is 0 Å². The highest BCUT2D eigenvalue weighted by molar-refractivity contribution is 7.07. The molecule has 102 valence electrons. The number of nitrogens with zero attached hydrogens (tertiary/aromatic N) is 2. The van der Waals surface area contributed by atoms with Gasteiger partial charge in [0.1, 0.15) is 0 Å². The molecule has 1 aromatic carbocycles. The van der Waals surface area contributed by atoms with E-state index in [9.17, 15) is 0 Å². The summed E-state index contributed by atoms with van der Waals surface area (Å²) in [7, 11) is 0. The number of nitrogens with one attached hydrogen (secondary N) is 1. The van der Waals surface area contributed by atoms with E-state index in [4.69, 9.17) is 0 Å². The number of hydrogen-bond donors (Lipinski definition) is 1. The van der Waals surface area contributed by atoms with Crippen LogP contribution in [-0.4, -0.2) is 16.2 Å². The number of aryl methyl sites for hydroxylation is 1. The van der Waals surface area contributed by atoms with Gasteiger partial charge in [-0.1, -0.05) is 24.3 Å². The lowest BCUT2D eigenvalue weighted by molar-refractivity contribution is 0.782. The van der Waals surface area contributed by atoms with Gasteiger partial charge in [-0.25, -0.2) is 0 Å². The fourth-order valence-electron chi connectivity index (χ4n) is 2.39. The molecule has 0 fully saturated rings. The van der Waals surface area contributed by atoms with Crippen molar-refractivity contribution in [3.05, 3.63) is 52.3 Å². The van der Waals surface area contributed by atoms with Gasteiger partial charge in [0, 0.05) is 16.8 Å². The number of anilines is 1. The average molecular weight is 283 g/mol. The van der Waals surface area contributed by atoms with Gasteiger partial charge in [0.25, 0.3) is 0 Å². The molecule has 0 amide bonds. The average Bonchev–Trinajstić information content (AvgIpc) is 2.95. The first-order valence-corrected chi connectivity index (χ1v) is 7.68. The molecule has 3 nitrogen and oxygen atoms in total. The molecule has 3 rings (SSSR count). The third kappa shape index (κ3) is 2.65. The molecule has 0 bridgehead atoms. The van der Waals surface area contributed by atoms with Gasteiger partial charge in [0.2, 0.25) is 0 Å². The van der Waals surface area contributed by atoms with Crippen molar-refractivity contribution in [3.8, 4) is 0 Å². The Morgan fingerprint density at radius 1 is 1.15 bits per heavy atom. The van der Waals surface area contributed by atoms with E-state index in [1.54, 1.807) is 11.3 Å².